The van der Waals surface area contributed by atoms with Gasteiger partial charge in [-0.2, -0.15) is 0 Å². The maximum atomic E-state index is 13.8. The van der Waals surface area contributed by atoms with E-state index in [4.69, 9.17) is 10.1 Å². The Balaban J connectivity index is 1.90. The Labute approximate surface area is 209 Å². The number of hydrogen-bond acceptors (Lipinski definition) is 6. The van der Waals surface area contributed by atoms with E-state index in [1.807, 2.05) is 13.8 Å². The van der Waals surface area contributed by atoms with Crippen LogP contribution in [0.1, 0.15) is 61.5 Å². The number of nitrogens with zero attached hydrogens (tertiary/aromatic N) is 3. The SMILES string of the molecule is CC(C)c1nc2c(c(-c3ccc(F)cc3)c1/C=C/[C@@H](O)C[C@@H](O)CC(=O)O)CCCc1ncncc1-2. The molecule has 2 atom stereocenters. The van der Waals surface area contributed by atoms with E-state index in [1.165, 1.54) is 12.1 Å². The first kappa shape index (κ1) is 25.6. The molecule has 1 aliphatic carbocycles. The fourth-order valence-electron chi connectivity index (χ4n) is 4.71. The molecular weight excluding hydrogens is 461 g/mol. The van der Waals surface area contributed by atoms with Gasteiger partial charge < -0.3 is 15.3 Å². The smallest absolute Gasteiger partial charge is 0.305 e. The Hall–Kier alpha value is -3.49. The summed E-state index contributed by atoms with van der Waals surface area (Å²) < 4.78 is 13.8. The summed E-state index contributed by atoms with van der Waals surface area (Å²) in [5.74, 6) is -1.43. The Kier molecular flexibility index (Phi) is 7.86. The molecule has 7 nitrogen and oxygen atoms in total. The Bertz CT molecular complexity index is 1270. The first-order valence-electron chi connectivity index (χ1n) is 12.1. The Morgan fingerprint density at radius 3 is 2.61 bits per heavy atom. The van der Waals surface area contributed by atoms with Crippen molar-refractivity contribution in [3.8, 4) is 22.4 Å². The van der Waals surface area contributed by atoms with Crippen LogP contribution in [-0.2, 0) is 17.6 Å². The van der Waals surface area contributed by atoms with Gasteiger partial charge in [-0.3, -0.25) is 9.78 Å². The zero-order chi connectivity index (χ0) is 25.8. The topological polar surface area (TPSA) is 116 Å². The minimum atomic E-state index is -1.16. The molecule has 3 N–H and O–H groups in total. The molecule has 8 heteroatoms. The van der Waals surface area contributed by atoms with Crippen LogP contribution in [0.25, 0.3) is 28.5 Å². The number of aliphatic carboxylic acids is 1. The number of hydrogen-bond donors (Lipinski definition) is 3. The lowest BCUT2D eigenvalue weighted by Crippen LogP contribution is -2.19. The number of fused-ring (bicyclic) bond motifs is 3. The van der Waals surface area contributed by atoms with Gasteiger partial charge in [-0.25, -0.2) is 14.4 Å². The summed E-state index contributed by atoms with van der Waals surface area (Å²) >= 11 is 0. The summed E-state index contributed by atoms with van der Waals surface area (Å²) in [7, 11) is 0. The highest BCUT2D eigenvalue weighted by Crippen LogP contribution is 2.41. The van der Waals surface area contributed by atoms with E-state index in [2.05, 4.69) is 9.97 Å². The van der Waals surface area contributed by atoms with E-state index in [1.54, 1.807) is 36.8 Å². The van der Waals surface area contributed by atoms with E-state index >= 15 is 0 Å². The number of aliphatic hydroxyl groups is 2. The number of aliphatic hydroxyl groups excluding tert-OH is 2. The molecule has 4 rings (SSSR count). The molecule has 3 aromatic rings. The number of aromatic nitrogens is 3. The van der Waals surface area contributed by atoms with Crippen LogP contribution in [0.5, 0.6) is 0 Å². The number of aryl methyl sites for hydroxylation is 1. The fourth-order valence-corrected chi connectivity index (χ4v) is 4.71. The maximum Gasteiger partial charge on any atom is 0.305 e. The van der Waals surface area contributed by atoms with Gasteiger partial charge in [-0.05, 0) is 54.0 Å². The Morgan fingerprint density at radius 2 is 1.92 bits per heavy atom. The van der Waals surface area contributed by atoms with Gasteiger partial charge in [0.2, 0.25) is 0 Å². The predicted octanol–water partition coefficient (Wildman–Crippen LogP) is 4.56. The highest BCUT2D eigenvalue weighted by Gasteiger charge is 2.26. The summed E-state index contributed by atoms with van der Waals surface area (Å²) in [6.07, 6.45) is 6.32. The van der Waals surface area contributed by atoms with Crippen molar-refractivity contribution in [2.24, 2.45) is 0 Å². The second-order valence-electron chi connectivity index (χ2n) is 9.42. The van der Waals surface area contributed by atoms with Crippen molar-refractivity contribution >= 4 is 12.0 Å². The third kappa shape index (κ3) is 5.66. The average molecular weight is 492 g/mol. The molecule has 0 fully saturated rings. The standard InChI is InChI=1S/C28H30FN3O4/c1-16(2)27-22(11-10-19(33)12-20(34)13-25(35)36)26(17-6-8-18(29)9-7-17)21-4-3-5-24-23(28(21)32-27)14-30-15-31-24/h6-11,14-16,19-20,33-34H,3-5,12-13H2,1-2H3,(H,35,36)/b11-10+/t19-,20-/m1/s1. The largest absolute Gasteiger partial charge is 0.481 e. The molecule has 2 heterocycles. The summed E-state index contributed by atoms with van der Waals surface area (Å²) in [6.45, 7) is 4.07. The number of carbonyl (C=O) groups is 1. The van der Waals surface area contributed by atoms with Crippen LogP contribution >= 0.6 is 0 Å². The number of carboxylic acid groups (broad SMARTS) is 1. The first-order chi connectivity index (χ1) is 17.2. The second-order valence-corrected chi connectivity index (χ2v) is 9.42. The molecule has 0 saturated heterocycles. The summed E-state index contributed by atoms with van der Waals surface area (Å²) in [5.41, 5.74) is 7.03. The van der Waals surface area contributed by atoms with Gasteiger partial charge >= 0.3 is 5.97 Å². The van der Waals surface area contributed by atoms with E-state index < -0.39 is 24.6 Å². The minimum Gasteiger partial charge on any atom is -0.481 e. The van der Waals surface area contributed by atoms with Crippen molar-refractivity contribution in [3.05, 3.63) is 71.2 Å². The lowest BCUT2D eigenvalue weighted by atomic mass is 9.87. The molecule has 36 heavy (non-hydrogen) atoms. The van der Waals surface area contributed by atoms with Gasteiger partial charge in [0.25, 0.3) is 0 Å². The lowest BCUT2D eigenvalue weighted by Gasteiger charge is -2.22. The van der Waals surface area contributed by atoms with Crippen molar-refractivity contribution in [1.82, 2.24) is 15.0 Å². The number of carboxylic acids is 1. The predicted molar refractivity (Wildman–Crippen MR) is 135 cm³/mol. The van der Waals surface area contributed by atoms with Gasteiger partial charge in [0.1, 0.15) is 12.1 Å². The monoisotopic (exact) mass is 491 g/mol. The van der Waals surface area contributed by atoms with Crippen LogP contribution in [-0.4, -0.2) is 48.4 Å². The van der Waals surface area contributed by atoms with Gasteiger partial charge in [-0.1, -0.05) is 38.1 Å². The number of pyridine rings is 1. The van der Waals surface area contributed by atoms with Crippen molar-refractivity contribution in [2.45, 2.75) is 64.1 Å². The normalized spacial score (nSPS) is 14.8. The molecule has 0 spiro atoms. The van der Waals surface area contributed by atoms with Crippen molar-refractivity contribution < 1.29 is 24.5 Å². The lowest BCUT2D eigenvalue weighted by molar-refractivity contribution is -0.139. The quantitative estimate of drug-likeness (QED) is 0.423. The van der Waals surface area contributed by atoms with Crippen LogP contribution in [0.15, 0.2) is 42.9 Å². The van der Waals surface area contributed by atoms with Crippen LogP contribution in [0.2, 0.25) is 0 Å². The van der Waals surface area contributed by atoms with Gasteiger partial charge in [-0.15, -0.1) is 0 Å². The van der Waals surface area contributed by atoms with Crippen LogP contribution in [0, 0.1) is 5.82 Å². The summed E-state index contributed by atoms with van der Waals surface area (Å²) in [5, 5.41) is 29.3. The van der Waals surface area contributed by atoms with E-state index in [0.29, 0.717) is 0 Å². The Morgan fingerprint density at radius 1 is 1.17 bits per heavy atom. The highest BCUT2D eigenvalue weighted by molar-refractivity contribution is 5.85. The number of benzene rings is 1. The third-order valence-corrected chi connectivity index (χ3v) is 6.34. The third-order valence-electron chi connectivity index (χ3n) is 6.34. The van der Waals surface area contributed by atoms with Gasteiger partial charge in [0, 0.05) is 23.7 Å². The molecule has 0 amide bonds. The van der Waals surface area contributed by atoms with Gasteiger partial charge in [0.05, 0.1) is 35.7 Å². The molecule has 1 aromatic carbocycles. The molecule has 0 unspecified atom stereocenters. The van der Waals surface area contributed by atoms with E-state index in [-0.39, 0.29) is 18.2 Å². The molecule has 0 saturated carbocycles. The zero-order valence-electron chi connectivity index (χ0n) is 20.4. The first-order valence-corrected chi connectivity index (χ1v) is 12.1. The van der Waals surface area contributed by atoms with Crippen molar-refractivity contribution in [1.29, 1.82) is 0 Å². The van der Waals surface area contributed by atoms with Crippen LogP contribution < -0.4 is 0 Å². The van der Waals surface area contributed by atoms with Gasteiger partial charge in [0.15, 0.2) is 0 Å². The molecular formula is C28H30FN3O4. The average Bonchev–Trinajstić information content (AvgIpc) is 3.01. The molecule has 0 bridgehead atoms. The van der Waals surface area contributed by atoms with Crippen LogP contribution in [0.3, 0.4) is 0 Å². The van der Waals surface area contributed by atoms with Crippen molar-refractivity contribution in [2.75, 3.05) is 0 Å². The minimum absolute atomic E-state index is 0.0280. The highest BCUT2D eigenvalue weighted by atomic mass is 19.1. The molecule has 1 aliphatic rings. The molecule has 188 valence electrons. The summed E-state index contributed by atoms with van der Waals surface area (Å²) in [4.78, 5) is 24.7. The van der Waals surface area contributed by atoms with Crippen LogP contribution in [0.4, 0.5) is 4.39 Å². The fraction of sp³-hybridized carbons (Fsp3) is 0.357. The molecule has 0 aliphatic heterocycles. The van der Waals surface area contributed by atoms with E-state index in [9.17, 15) is 19.4 Å². The van der Waals surface area contributed by atoms with Crippen molar-refractivity contribution in [3.63, 3.8) is 0 Å². The molecule has 0 radical (unpaired) electrons. The molecule has 2 aromatic heterocycles. The summed E-state index contributed by atoms with van der Waals surface area (Å²) in [6, 6.07) is 6.34. The number of halogens is 1. The second kappa shape index (κ2) is 11.1. The van der Waals surface area contributed by atoms with E-state index in [0.717, 1.165) is 64.2 Å². The number of rotatable bonds is 8. The zero-order valence-corrected chi connectivity index (χ0v) is 20.4. The maximum absolute atomic E-state index is 13.8.